The lowest BCUT2D eigenvalue weighted by Crippen LogP contribution is -2.58. The van der Waals surface area contributed by atoms with Crippen molar-refractivity contribution in [1.82, 2.24) is 9.80 Å². The molecule has 1 aromatic rings. The fourth-order valence-corrected chi connectivity index (χ4v) is 5.35. The van der Waals surface area contributed by atoms with E-state index in [-0.39, 0.29) is 24.8 Å². The van der Waals surface area contributed by atoms with E-state index in [1.165, 1.54) is 32.1 Å². The Morgan fingerprint density at radius 1 is 0.938 bits per heavy atom. The first-order valence-electron chi connectivity index (χ1n) is 12.5. The first-order valence-corrected chi connectivity index (χ1v) is 12.5. The third kappa shape index (κ3) is 6.25. The number of amides is 2. The van der Waals surface area contributed by atoms with Gasteiger partial charge in [0.05, 0.1) is 19.6 Å². The number of carbonyl (C=O) groups excluding carboxylic acids is 2. The highest BCUT2D eigenvalue weighted by Crippen LogP contribution is 2.30. The lowest BCUT2D eigenvalue weighted by atomic mass is 9.95. The lowest BCUT2D eigenvalue weighted by Gasteiger charge is -2.43. The summed E-state index contributed by atoms with van der Waals surface area (Å²) in [6, 6.07) is 9.63. The van der Waals surface area contributed by atoms with Gasteiger partial charge in [-0.05, 0) is 43.7 Å². The molecule has 1 saturated carbocycles. The maximum absolute atomic E-state index is 13.1. The summed E-state index contributed by atoms with van der Waals surface area (Å²) in [6.45, 7) is 3.36. The van der Waals surface area contributed by atoms with E-state index in [9.17, 15) is 9.59 Å². The molecule has 0 radical (unpaired) electrons. The monoisotopic (exact) mass is 442 g/mol. The smallest absolute Gasteiger partial charge is 0.225 e. The summed E-state index contributed by atoms with van der Waals surface area (Å²) in [5.74, 6) is 1.76. The molecule has 6 heteroatoms. The molecule has 2 heterocycles. The predicted octanol–water partition coefficient (Wildman–Crippen LogP) is 4.04. The normalized spacial score (nSPS) is 24.5. The Morgan fingerprint density at radius 2 is 1.69 bits per heavy atom. The van der Waals surface area contributed by atoms with Gasteiger partial charge in [-0.25, -0.2) is 0 Å². The van der Waals surface area contributed by atoms with Crippen LogP contribution in [0.5, 0.6) is 5.75 Å². The third-order valence-electron chi connectivity index (χ3n) is 7.27. The molecule has 2 amide bonds. The van der Waals surface area contributed by atoms with Gasteiger partial charge in [0.25, 0.3) is 0 Å². The molecular weight excluding hydrogens is 404 g/mol. The molecule has 0 aromatic heterocycles. The second-order valence-electron chi connectivity index (χ2n) is 9.76. The van der Waals surface area contributed by atoms with Crippen molar-refractivity contribution in [2.24, 2.45) is 5.92 Å². The Morgan fingerprint density at radius 3 is 2.44 bits per heavy atom. The molecule has 4 rings (SSSR count). The molecule has 6 nitrogen and oxygen atoms in total. The van der Waals surface area contributed by atoms with Crippen molar-refractivity contribution in [3.8, 4) is 5.75 Å². The fourth-order valence-electron chi connectivity index (χ4n) is 5.35. The van der Waals surface area contributed by atoms with Gasteiger partial charge in [0.15, 0.2) is 0 Å². The number of rotatable bonds is 8. The van der Waals surface area contributed by atoms with Crippen molar-refractivity contribution in [1.29, 1.82) is 0 Å². The highest BCUT2D eigenvalue weighted by atomic mass is 16.5. The van der Waals surface area contributed by atoms with Crippen LogP contribution in [0.3, 0.4) is 0 Å². The van der Waals surface area contributed by atoms with Gasteiger partial charge in [-0.1, -0.05) is 43.9 Å². The van der Waals surface area contributed by atoms with E-state index in [1.807, 2.05) is 40.1 Å². The summed E-state index contributed by atoms with van der Waals surface area (Å²) in [5, 5.41) is 0. The number of hydrogen-bond acceptors (Lipinski definition) is 4. The second-order valence-corrected chi connectivity index (χ2v) is 9.76. The molecule has 2 saturated heterocycles. The van der Waals surface area contributed by atoms with Crippen molar-refractivity contribution in [3.05, 3.63) is 30.3 Å². The Labute approximate surface area is 192 Å². The first kappa shape index (κ1) is 23.1. The highest BCUT2D eigenvalue weighted by molar-refractivity contribution is 5.79. The number of likely N-dealkylation sites (tertiary alicyclic amines) is 1. The van der Waals surface area contributed by atoms with Gasteiger partial charge in [0, 0.05) is 26.1 Å². The van der Waals surface area contributed by atoms with Crippen molar-refractivity contribution in [3.63, 3.8) is 0 Å². The van der Waals surface area contributed by atoms with Crippen LogP contribution >= 0.6 is 0 Å². The van der Waals surface area contributed by atoms with Gasteiger partial charge in [-0.15, -0.1) is 0 Å². The van der Waals surface area contributed by atoms with Crippen LogP contribution < -0.4 is 4.74 Å². The lowest BCUT2D eigenvalue weighted by molar-refractivity contribution is -0.166. The minimum Gasteiger partial charge on any atom is -0.490 e. The Kier molecular flexibility index (Phi) is 8.06. The summed E-state index contributed by atoms with van der Waals surface area (Å²) in [5.41, 5.74) is -0.800. The van der Waals surface area contributed by atoms with E-state index in [2.05, 4.69) is 0 Å². The highest BCUT2D eigenvalue weighted by Gasteiger charge is 2.42. The minimum atomic E-state index is -0.800. The number of hydrogen-bond donors (Lipinski definition) is 0. The predicted molar refractivity (Wildman–Crippen MR) is 123 cm³/mol. The Bertz CT molecular complexity index is 743. The van der Waals surface area contributed by atoms with Gasteiger partial charge >= 0.3 is 0 Å². The van der Waals surface area contributed by atoms with E-state index >= 15 is 0 Å². The molecule has 0 bridgehead atoms. The summed E-state index contributed by atoms with van der Waals surface area (Å²) >= 11 is 0. The maximum Gasteiger partial charge on any atom is 0.225 e. The topological polar surface area (TPSA) is 59.1 Å². The van der Waals surface area contributed by atoms with E-state index in [4.69, 9.17) is 9.47 Å². The average Bonchev–Trinajstić information content (AvgIpc) is 3.36. The standard InChI is InChI=1S/C26H38N2O4/c29-24(14-13-22-9-5-6-10-22)28-17-18-32-26(20-28,21-31-23-11-3-1-4-12-23)19-25(30)27-15-7-2-8-16-27/h1,3-4,11-12,22H,2,5-10,13-21H2. The van der Waals surface area contributed by atoms with Gasteiger partial charge in [0.2, 0.25) is 11.8 Å². The van der Waals surface area contributed by atoms with Crippen LogP contribution in [-0.4, -0.2) is 66.6 Å². The molecule has 1 aromatic carbocycles. The van der Waals surface area contributed by atoms with Gasteiger partial charge in [0.1, 0.15) is 18.0 Å². The van der Waals surface area contributed by atoms with Crippen molar-refractivity contribution >= 4 is 11.8 Å². The molecule has 1 aliphatic carbocycles. The van der Waals surface area contributed by atoms with Crippen LogP contribution in [0.1, 0.15) is 64.2 Å². The quantitative estimate of drug-likeness (QED) is 0.610. The number of nitrogens with zero attached hydrogens (tertiary/aromatic N) is 2. The van der Waals surface area contributed by atoms with Gasteiger partial charge in [-0.3, -0.25) is 9.59 Å². The van der Waals surface area contributed by atoms with Gasteiger partial charge < -0.3 is 19.3 Å². The van der Waals surface area contributed by atoms with Crippen molar-refractivity contribution < 1.29 is 19.1 Å². The SMILES string of the molecule is O=C(CC1(COc2ccccc2)CN(C(=O)CCC2CCCC2)CCO1)N1CCCCC1. The number of benzene rings is 1. The van der Waals surface area contributed by atoms with Gasteiger partial charge in [-0.2, -0.15) is 0 Å². The van der Waals surface area contributed by atoms with Crippen molar-refractivity contribution in [2.45, 2.75) is 69.8 Å². The van der Waals surface area contributed by atoms with Crippen LogP contribution in [0.2, 0.25) is 0 Å². The van der Waals surface area contributed by atoms with E-state index in [0.29, 0.717) is 32.0 Å². The van der Waals surface area contributed by atoms with Crippen LogP contribution in [0.15, 0.2) is 30.3 Å². The van der Waals surface area contributed by atoms with Crippen LogP contribution in [0, 0.1) is 5.92 Å². The molecule has 1 atom stereocenters. The minimum absolute atomic E-state index is 0.113. The number of piperidine rings is 1. The molecule has 3 aliphatic rings. The fraction of sp³-hybridized carbons (Fsp3) is 0.692. The molecule has 176 valence electrons. The van der Waals surface area contributed by atoms with E-state index in [0.717, 1.165) is 38.1 Å². The number of morpholine rings is 1. The number of ether oxygens (including phenoxy) is 2. The largest absolute Gasteiger partial charge is 0.490 e. The van der Waals surface area contributed by atoms with Crippen LogP contribution in [-0.2, 0) is 14.3 Å². The zero-order chi connectivity index (χ0) is 22.2. The zero-order valence-corrected chi connectivity index (χ0v) is 19.3. The van der Waals surface area contributed by atoms with E-state index in [1.54, 1.807) is 0 Å². The Balaban J connectivity index is 1.41. The summed E-state index contributed by atoms with van der Waals surface area (Å²) < 4.78 is 12.3. The number of carbonyl (C=O) groups is 2. The molecule has 32 heavy (non-hydrogen) atoms. The van der Waals surface area contributed by atoms with E-state index < -0.39 is 5.60 Å². The molecule has 1 unspecified atom stereocenters. The molecule has 3 fully saturated rings. The Hall–Kier alpha value is -2.08. The van der Waals surface area contributed by atoms with Crippen LogP contribution in [0.25, 0.3) is 0 Å². The molecular formula is C26H38N2O4. The summed E-state index contributed by atoms with van der Waals surface area (Å²) in [4.78, 5) is 30.1. The summed E-state index contributed by atoms with van der Waals surface area (Å²) in [7, 11) is 0. The number of para-hydroxylation sites is 1. The maximum atomic E-state index is 13.1. The molecule has 2 aliphatic heterocycles. The second kappa shape index (κ2) is 11.2. The molecule has 0 spiro atoms. The van der Waals surface area contributed by atoms with Crippen molar-refractivity contribution in [2.75, 3.05) is 39.4 Å². The molecule has 0 N–H and O–H groups in total. The third-order valence-corrected chi connectivity index (χ3v) is 7.27. The van der Waals surface area contributed by atoms with Crippen LogP contribution in [0.4, 0.5) is 0 Å². The average molecular weight is 443 g/mol. The zero-order valence-electron chi connectivity index (χ0n) is 19.3. The first-order chi connectivity index (χ1) is 15.6. The summed E-state index contributed by atoms with van der Waals surface area (Å²) in [6.07, 6.45) is 10.3.